The van der Waals surface area contributed by atoms with Crippen molar-refractivity contribution in [3.8, 4) is 5.69 Å². The Morgan fingerprint density at radius 2 is 1.50 bits per heavy atom. The summed E-state index contributed by atoms with van der Waals surface area (Å²) < 4.78 is 101. The predicted molar refractivity (Wildman–Crippen MR) is 106 cm³/mol. The van der Waals surface area contributed by atoms with Gasteiger partial charge in [-0.1, -0.05) is 29.8 Å². The van der Waals surface area contributed by atoms with Gasteiger partial charge in [0.2, 0.25) is 5.82 Å². The van der Waals surface area contributed by atoms with Crippen LogP contribution in [0.3, 0.4) is 0 Å². The minimum absolute atomic E-state index is 0.136. The first-order valence-corrected chi connectivity index (χ1v) is 9.55. The summed E-state index contributed by atoms with van der Waals surface area (Å²) in [6.07, 6.45) is -12.3. The molecule has 0 radical (unpaired) electrons. The van der Waals surface area contributed by atoms with Crippen LogP contribution in [-0.4, -0.2) is 27.7 Å². The number of amidine groups is 1. The lowest BCUT2D eigenvalue weighted by Crippen LogP contribution is -2.97. The van der Waals surface area contributed by atoms with Crippen LogP contribution in [0.1, 0.15) is 16.7 Å². The highest BCUT2D eigenvalue weighted by atomic mass is 19.4. The number of fused-ring (bicyclic) bond motifs is 1. The number of aromatic nitrogens is 2. The number of nitrogens with zero attached hydrogens (tertiary/aromatic N) is 1. The lowest BCUT2D eigenvalue weighted by atomic mass is 9.87. The van der Waals surface area contributed by atoms with Gasteiger partial charge in [-0.05, 0) is 31.2 Å². The van der Waals surface area contributed by atoms with Crippen molar-refractivity contribution in [2.24, 2.45) is 0 Å². The molecule has 2 aromatic carbocycles. The summed E-state index contributed by atoms with van der Waals surface area (Å²) in [4.78, 5) is 28.0. The van der Waals surface area contributed by atoms with Crippen molar-refractivity contribution in [1.82, 2.24) is 9.55 Å². The third-order valence-corrected chi connectivity index (χ3v) is 5.33. The Balaban J connectivity index is 2.20. The van der Waals surface area contributed by atoms with Crippen molar-refractivity contribution in [2.45, 2.75) is 24.8 Å². The Bertz CT molecular complexity index is 1400. The van der Waals surface area contributed by atoms with Crippen LogP contribution in [-0.2, 0) is 5.54 Å². The molecule has 3 N–H and O–H groups in total. The number of alkyl halides is 6. The molecule has 0 spiro atoms. The normalized spacial score (nSPS) is 15.4. The van der Waals surface area contributed by atoms with Crippen LogP contribution in [0.15, 0.2) is 58.1 Å². The summed E-state index contributed by atoms with van der Waals surface area (Å²) in [5, 5.41) is 2.22. The van der Waals surface area contributed by atoms with E-state index in [2.05, 4.69) is 5.32 Å². The second-order valence-electron chi connectivity index (χ2n) is 7.50. The Morgan fingerprint density at radius 3 is 2.06 bits per heavy atom. The molecule has 178 valence electrons. The van der Waals surface area contributed by atoms with Crippen LogP contribution in [0.4, 0.5) is 36.6 Å². The van der Waals surface area contributed by atoms with Crippen molar-refractivity contribution in [2.75, 3.05) is 5.32 Å². The van der Waals surface area contributed by atoms with E-state index in [1.54, 1.807) is 6.92 Å². The first-order valence-electron chi connectivity index (χ1n) is 9.55. The van der Waals surface area contributed by atoms with Gasteiger partial charge >= 0.3 is 23.6 Å². The Hall–Kier alpha value is -3.90. The standard InChI is InChI=1S/C21H13F7N4O2/c1-10-6-8-11(9-7-10)32-16-14(17(33)30-18(32)34)19(20(23,24)25,21(26,27)28)31-15(29-16)12-4-2-3-5-13(12)22/h2-9H,1H3,(H,29,31)(H,30,33,34)/p+1. The molecule has 0 atom stereocenters. The first-order chi connectivity index (χ1) is 15.8. The summed E-state index contributed by atoms with van der Waals surface area (Å²) in [6, 6.07) is 9.60. The number of aromatic amines is 1. The minimum Gasteiger partial charge on any atom is -0.273 e. The number of halogens is 7. The molecule has 0 unspecified atom stereocenters. The van der Waals surface area contributed by atoms with Gasteiger partial charge in [0.05, 0.1) is 11.3 Å². The minimum atomic E-state index is -6.14. The van der Waals surface area contributed by atoms with Crippen molar-refractivity contribution >= 4 is 11.7 Å². The molecule has 13 heteroatoms. The zero-order valence-corrected chi connectivity index (χ0v) is 17.0. The number of rotatable bonds is 2. The van der Waals surface area contributed by atoms with Gasteiger partial charge in [0.15, 0.2) is 0 Å². The van der Waals surface area contributed by atoms with Crippen molar-refractivity contribution < 1.29 is 35.7 Å². The molecule has 0 fully saturated rings. The van der Waals surface area contributed by atoms with E-state index < -0.39 is 57.7 Å². The molecule has 3 aromatic rings. The molecule has 6 nitrogen and oxygen atoms in total. The van der Waals surface area contributed by atoms with Crippen LogP contribution in [0, 0.1) is 12.7 Å². The Kier molecular flexibility index (Phi) is 5.18. The molecule has 0 saturated heterocycles. The predicted octanol–water partition coefficient (Wildman–Crippen LogP) is 2.25. The second kappa shape index (κ2) is 7.57. The van der Waals surface area contributed by atoms with E-state index in [-0.39, 0.29) is 5.69 Å². The molecule has 0 amide bonds. The van der Waals surface area contributed by atoms with E-state index >= 15 is 0 Å². The smallest absolute Gasteiger partial charge is 0.273 e. The van der Waals surface area contributed by atoms with Crippen molar-refractivity contribution in [3.05, 3.63) is 91.9 Å². The summed E-state index contributed by atoms with van der Waals surface area (Å²) in [7, 11) is 0. The van der Waals surface area contributed by atoms with E-state index in [0.29, 0.717) is 10.1 Å². The van der Waals surface area contributed by atoms with Gasteiger partial charge in [0.25, 0.3) is 11.4 Å². The molecule has 2 heterocycles. The van der Waals surface area contributed by atoms with Crippen LogP contribution >= 0.6 is 0 Å². The fourth-order valence-electron chi connectivity index (χ4n) is 3.73. The zero-order chi connectivity index (χ0) is 25.1. The molecule has 0 saturated carbocycles. The molecule has 1 aliphatic rings. The maximum Gasteiger partial charge on any atom is 0.446 e. The fraction of sp³-hybridized carbons (Fsp3) is 0.190. The molecular formula is C21H14F7N4O2+. The van der Waals surface area contributed by atoms with E-state index in [1.807, 2.05) is 0 Å². The van der Waals surface area contributed by atoms with Crippen LogP contribution < -0.4 is 21.6 Å². The van der Waals surface area contributed by atoms with Crippen LogP contribution in [0.2, 0.25) is 0 Å². The van der Waals surface area contributed by atoms with E-state index in [0.717, 1.165) is 12.1 Å². The first kappa shape index (κ1) is 23.3. The summed E-state index contributed by atoms with van der Waals surface area (Å²) >= 11 is 0. The average Bonchev–Trinajstić information content (AvgIpc) is 2.73. The fourth-order valence-corrected chi connectivity index (χ4v) is 3.73. The average molecular weight is 487 g/mol. The number of H-pyrrole nitrogens is 1. The number of nitrogens with one attached hydrogen (secondary N) is 3. The Labute approximate surface area is 185 Å². The van der Waals surface area contributed by atoms with E-state index in [4.69, 9.17) is 0 Å². The van der Waals surface area contributed by atoms with Gasteiger partial charge in [-0.15, -0.1) is 0 Å². The van der Waals surface area contributed by atoms with Gasteiger partial charge in [0.1, 0.15) is 11.4 Å². The van der Waals surface area contributed by atoms with E-state index in [9.17, 15) is 40.3 Å². The molecule has 1 aromatic heterocycles. The quantitative estimate of drug-likeness (QED) is 0.486. The lowest BCUT2D eigenvalue weighted by Gasteiger charge is -2.35. The van der Waals surface area contributed by atoms with E-state index in [1.165, 1.54) is 46.4 Å². The SMILES string of the molecule is Cc1ccc(-n2c3c(c(=O)[nH]c2=O)C(C(F)(F)F)(C(F)(F)F)[NH+]=C(c2ccccc2F)N3)cc1. The zero-order valence-electron chi connectivity index (χ0n) is 17.0. The lowest BCUT2D eigenvalue weighted by molar-refractivity contribution is -0.658. The third kappa shape index (κ3) is 3.38. The number of benzene rings is 2. The maximum atomic E-state index is 14.4. The van der Waals surface area contributed by atoms with Gasteiger partial charge in [0, 0.05) is 0 Å². The highest BCUT2D eigenvalue weighted by molar-refractivity contribution is 6.05. The maximum absolute atomic E-state index is 14.4. The van der Waals surface area contributed by atoms with Crippen molar-refractivity contribution in [1.29, 1.82) is 0 Å². The Morgan fingerprint density at radius 1 is 0.912 bits per heavy atom. The monoisotopic (exact) mass is 487 g/mol. The molecule has 1 aliphatic heterocycles. The number of anilines is 1. The summed E-state index contributed by atoms with van der Waals surface area (Å²) in [6.45, 7) is 1.67. The van der Waals surface area contributed by atoms with Gasteiger partial charge in [-0.25, -0.2) is 24.1 Å². The number of aryl methyl sites for hydroxylation is 1. The van der Waals surface area contributed by atoms with Crippen LogP contribution in [0.5, 0.6) is 0 Å². The van der Waals surface area contributed by atoms with Gasteiger partial charge in [-0.3, -0.25) is 9.78 Å². The largest absolute Gasteiger partial charge is 0.446 e. The highest BCUT2D eigenvalue weighted by Crippen LogP contribution is 2.48. The number of hydrogen-bond acceptors (Lipinski definition) is 3. The summed E-state index contributed by atoms with van der Waals surface area (Å²) in [5.74, 6) is -3.29. The molecular weight excluding hydrogens is 473 g/mol. The van der Waals surface area contributed by atoms with Gasteiger partial charge in [-0.2, -0.15) is 26.3 Å². The molecule has 0 bridgehead atoms. The van der Waals surface area contributed by atoms with Crippen molar-refractivity contribution in [3.63, 3.8) is 0 Å². The third-order valence-electron chi connectivity index (χ3n) is 5.33. The van der Waals surface area contributed by atoms with Gasteiger partial charge < -0.3 is 0 Å². The van der Waals surface area contributed by atoms with Crippen LogP contribution in [0.25, 0.3) is 5.69 Å². The summed E-state index contributed by atoms with van der Waals surface area (Å²) in [5.41, 5.74) is -10.1. The molecule has 34 heavy (non-hydrogen) atoms. The molecule has 0 aliphatic carbocycles. The second-order valence-corrected chi connectivity index (χ2v) is 7.50. The molecule has 4 rings (SSSR count). The number of hydrogen-bond donors (Lipinski definition) is 3. The topological polar surface area (TPSA) is 80.9 Å². The highest BCUT2D eigenvalue weighted by Gasteiger charge is 2.78.